The Morgan fingerprint density at radius 1 is 0.692 bits per heavy atom. The van der Waals surface area contributed by atoms with E-state index in [2.05, 4.69) is 0 Å². The molecule has 0 aromatic carbocycles. The molecule has 0 aromatic heterocycles. The summed E-state index contributed by atoms with van der Waals surface area (Å²) in [4.78, 5) is 0. The molecular formula is C14H28O12. The normalized spacial score (nSPS) is 46.4. The van der Waals surface area contributed by atoms with Crippen molar-refractivity contribution < 1.29 is 60.2 Å². The number of aliphatic hydroxyl groups is 9. The van der Waals surface area contributed by atoms with Gasteiger partial charge in [0, 0.05) is 6.61 Å². The Hall–Kier alpha value is -0.480. The van der Waals surface area contributed by atoms with Crippen LogP contribution in [0.2, 0.25) is 0 Å². The molecule has 0 spiro atoms. The van der Waals surface area contributed by atoms with E-state index in [1.165, 1.54) is 0 Å². The number of aliphatic hydroxyl groups excluding tert-OH is 9. The van der Waals surface area contributed by atoms with Crippen LogP contribution in [-0.2, 0) is 14.2 Å². The monoisotopic (exact) mass is 388 g/mol. The zero-order valence-corrected chi connectivity index (χ0v) is 14.1. The fourth-order valence-corrected chi connectivity index (χ4v) is 2.57. The summed E-state index contributed by atoms with van der Waals surface area (Å²) in [6.07, 6.45) is -15.6. The van der Waals surface area contributed by atoms with E-state index in [9.17, 15) is 35.7 Å². The zero-order chi connectivity index (χ0) is 20.0. The quantitative estimate of drug-likeness (QED) is 0.221. The third kappa shape index (κ3) is 5.28. The van der Waals surface area contributed by atoms with Gasteiger partial charge in [-0.1, -0.05) is 0 Å². The SMILES string of the molecule is CCO.OC[C@H]1O[C@@H](O[C@H]2[C@H](O)[C@@H](O)[C@H](O)O[C@@H]2CO)[C@H](O)[C@@H](O)[C@@H]1O. The molecule has 9 N–H and O–H groups in total. The van der Waals surface area contributed by atoms with Crippen molar-refractivity contribution >= 4 is 0 Å². The van der Waals surface area contributed by atoms with E-state index in [-0.39, 0.29) is 6.61 Å². The van der Waals surface area contributed by atoms with Crippen LogP contribution in [0.3, 0.4) is 0 Å². The Labute approximate surface area is 149 Å². The van der Waals surface area contributed by atoms with E-state index < -0.39 is 74.6 Å². The van der Waals surface area contributed by atoms with Crippen molar-refractivity contribution in [1.29, 1.82) is 0 Å². The highest BCUT2D eigenvalue weighted by Crippen LogP contribution is 2.28. The summed E-state index contributed by atoms with van der Waals surface area (Å²) in [6.45, 7) is 0.586. The Morgan fingerprint density at radius 2 is 1.23 bits per heavy atom. The molecule has 12 heteroatoms. The first-order chi connectivity index (χ1) is 12.2. The molecule has 2 fully saturated rings. The average Bonchev–Trinajstić information content (AvgIpc) is 2.62. The highest BCUT2D eigenvalue weighted by molar-refractivity contribution is 4.93. The fraction of sp³-hybridized carbons (Fsp3) is 1.00. The summed E-state index contributed by atoms with van der Waals surface area (Å²) in [7, 11) is 0. The number of hydrogen-bond donors (Lipinski definition) is 9. The zero-order valence-electron chi connectivity index (χ0n) is 14.1. The topological polar surface area (TPSA) is 210 Å². The first-order valence-corrected chi connectivity index (χ1v) is 8.10. The van der Waals surface area contributed by atoms with Gasteiger partial charge in [-0.25, -0.2) is 0 Å². The van der Waals surface area contributed by atoms with Crippen molar-refractivity contribution in [2.24, 2.45) is 0 Å². The molecule has 0 amide bonds. The first-order valence-electron chi connectivity index (χ1n) is 8.10. The van der Waals surface area contributed by atoms with Crippen molar-refractivity contribution in [2.75, 3.05) is 19.8 Å². The van der Waals surface area contributed by atoms with Gasteiger partial charge in [0.2, 0.25) is 0 Å². The van der Waals surface area contributed by atoms with E-state index >= 15 is 0 Å². The van der Waals surface area contributed by atoms with Crippen LogP contribution in [0.5, 0.6) is 0 Å². The van der Waals surface area contributed by atoms with E-state index in [1.807, 2.05) is 0 Å². The van der Waals surface area contributed by atoms with Crippen LogP contribution in [0.15, 0.2) is 0 Å². The predicted octanol–water partition coefficient (Wildman–Crippen LogP) is -5.40. The molecule has 2 rings (SSSR count). The summed E-state index contributed by atoms with van der Waals surface area (Å²) in [5.74, 6) is 0. The second-order valence-electron chi connectivity index (χ2n) is 5.84. The van der Waals surface area contributed by atoms with E-state index in [4.69, 9.17) is 24.4 Å². The van der Waals surface area contributed by atoms with E-state index in [0.29, 0.717) is 0 Å². The maximum absolute atomic E-state index is 9.94. The molecule has 0 radical (unpaired) electrons. The molecule has 156 valence electrons. The summed E-state index contributed by atoms with van der Waals surface area (Å²) in [6, 6.07) is 0. The third-order valence-corrected chi connectivity index (χ3v) is 3.98. The van der Waals surface area contributed by atoms with Gasteiger partial charge in [-0.2, -0.15) is 0 Å². The predicted molar refractivity (Wildman–Crippen MR) is 81.4 cm³/mol. The Balaban J connectivity index is 0.00000105. The van der Waals surface area contributed by atoms with Crippen molar-refractivity contribution in [3.63, 3.8) is 0 Å². The highest BCUT2D eigenvalue weighted by atomic mass is 16.7. The molecule has 12 nitrogen and oxygen atoms in total. The smallest absolute Gasteiger partial charge is 0.187 e. The molecule has 2 aliphatic rings. The summed E-state index contributed by atoms with van der Waals surface area (Å²) in [5, 5.41) is 84.1. The van der Waals surface area contributed by atoms with Crippen molar-refractivity contribution in [1.82, 2.24) is 0 Å². The van der Waals surface area contributed by atoms with Gasteiger partial charge < -0.3 is 60.2 Å². The number of hydrogen-bond acceptors (Lipinski definition) is 12. The van der Waals surface area contributed by atoms with Crippen molar-refractivity contribution in [3.8, 4) is 0 Å². The van der Waals surface area contributed by atoms with Gasteiger partial charge in [-0.3, -0.25) is 0 Å². The van der Waals surface area contributed by atoms with E-state index in [0.717, 1.165) is 0 Å². The minimum atomic E-state index is -1.74. The lowest BCUT2D eigenvalue weighted by Crippen LogP contribution is -2.64. The molecule has 10 atom stereocenters. The number of ether oxygens (including phenoxy) is 3. The van der Waals surface area contributed by atoms with Crippen molar-refractivity contribution in [3.05, 3.63) is 0 Å². The molecule has 0 saturated carbocycles. The van der Waals surface area contributed by atoms with Crippen LogP contribution < -0.4 is 0 Å². The second-order valence-corrected chi connectivity index (χ2v) is 5.84. The summed E-state index contributed by atoms with van der Waals surface area (Å²) >= 11 is 0. The minimum absolute atomic E-state index is 0.250. The maximum atomic E-state index is 9.94. The minimum Gasteiger partial charge on any atom is -0.397 e. The van der Waals surface area contributed by atoms with Crippen LogP contribution in [0, 0.1) is 0 Å². The Bertz CT molecular complexity index is 394. The molecule has 0 aromatic rings. The first kappa shape index (κ1) is 23.6. The lowest BCUT2D eigenvalue weighted by Gasteiger charge is -2.45. The van der Waals surface area contributed by atoms with Gasteiger partial charge in [0.25, 0.3) is 0 Å². The van der Waals surface area contributed by atoms with Crippen LogP contribution in [0.25, 0.3) is 0 Å². The molecule has 0 bridgehead atoms. The molecule has 0 aliphatic carbocycles. The van der Waals surface area contributed by atoms with Crippen LogP contribution in [0.1, 0.15) is 6.92 Å². The fourth-order valence-electron chi connectivity index (χ4n) is 2.57. The van der Waals surface area contributed by atoms with Crippen LogP contribution in [0.4, 0.5) is 0 Å². The number of rotatable bonds is 4. The van der Waals surface area contributed by atoms with E-state index in [1.54, 1.807) is 6.92 Å². The molecule has 26 heavy (non-hydrogen) atoms. The average molecular weight is 388 g/mol. The van der Waals surface area contributed by atoms with Gasteiger partial charge in [0.1, 0.15) is 48.8 Å². The van der Waals surface area contributed by atoms with Crippen LogP contribution >= 0.6 is 0 Å². The summed E-state index contributed by atoms with van der Waals surface area (Å²) in [5.41, 5.74) is 0. The maximum Gasteiger partial charge on any atom is 0.187 e. The third-order valence-electron chi connectivity index (χ3n) is 3.98. The van der Waals surface area contributed by atoms with Crippen LogP contribution in [-0.4, -0.2) is 127 Å². The standard InChI is InChI=1S/C12H22O11.C2H6O/c13-1-3-5(15)6(16)9(19)12(22-3)23-10-4(2-14)21-11(20)8(18)7(10)17;1-2-3/h3-20H,1-2H2;3H,2H2,1H3/t3-,4-,5-,6+,7-,8-,9-,10-,11-,12+;/m1./s1. The lowest BCUT2D eigenvalue weighted by molar-refractivity contribution is -0.355. The molecule has 2 saturated heterocycles. The Morgan fingerprint density at radius 3 is 1.73 bits per heavy atom. The lowest BCUT2D eigenvalue weighted by atomic mass is 9.97. The van der Waals surface area contributed by atoms with Gasteiger partial charge in [-0.15, -0.1) is 0 Å². The van der Waals surface area contributed by atoms with Crippen molar-refractivity contribution in [2.45, 2.75) is 68.3 Å². The molecule has 0 unspecified atom stereocenters. The van der Waals surface area contributed by atoms with Gasteiger partial charge >= 0.3 is 0 Å². The van der Waals surface area contributed by atoms with Gasteiger partial charge in [0.15, 0.2) is 12.6 Å². The Kier molecular flexibility index (Phi) is 9.74. The van der Waals surface area contributed by atoms with Gasteiger partial charge in [-0.05, 0) is 6.92 Å². The van der Waals surface area contributed by atoms with Gasteiger partial charge in [0.05, 0.1) is 13.2 Å². The molecular weight excluding hydrogens is 360 g/mol. The highest BCUT2D eigenvalue weighted by Gasteiger charge is 2.50. The summed E-state index contributed by atoms with van der Waals surface area (Å²) < 4.78 is 15.3. The second kappa shape index (κ2) is 10.8. The molecule has 2 heterocycles. The molecule has 2 aliphatic heterocycles. The largest absolute Gasteiger partial charge is 0.397 e.